The van der Waals surface area contributed by atoms with E-state index in [4.69, 9.17) is 4.74 Å². The van der Waals surface area contributed by atoms with Crippen molar-refractivity contribution in [2.24, 2.45) is 0 Å². The van der Waals surface area contributed by atoms with Crippen LogP contribution in [0.2, 0.25) is 0 Å². The summed E-state index contributed by atoms with van der Waals surface area (Å²) in [6.07, 6.45) is 0. The van der Waals surface area contributed by atoms with Gasteiger partial charge in [0.2, 0.25) is 0 Å². The Hall–Kier alpha value is -7.82. The van der Waals surface area contributed by atoms with Crippen LogP contribution in [0.5, 0.6) is 11.5 Å². The lowest BCUT2D eigenvalue weighted by Gasteiger charge is -2.23. The fraction of sp³-hybridized carbons (Fsp3) is 0. The maximum atomic E-state index is 6.75. The van der Waals surface area contributed by atoms with Gasteiger partial charge >= 0.3 is 0 Å². The molecule has 0 amide bonds. The van der Waals surface area contributed by atoms with E-state index in [-0.39, 0.29) is 0 Å². The molecule has 4 heteroatoms. The van der Waals surface area contributed by atoms with Gasteiger partial charge in [-0.25, -0.2) is 0 Å². The van der Waals surface area contributed by atoms with E-state index in [9.17, 15) is 0 Å². The SMILES string of the molecule is c1cc(-c2ccc(-c3ccc4c5ccccc5n5c4c3Oc3ccccc3-5)cc2)cc(-n2c3ccccc3c3cc(-n4c5ccccc5c5ccccc54)ccc32)c1. The first kappa shape index (κ1) is 31.4. The number of rotatable bonds is 4. The molecule has 9 aromatic carbocycles. The predicted molar refractivity (Wildman–Crippen MR) is 240 cm³/mol. The highest BCUT2D eigenvalue weighted by Crippen LogP contribution is 2.49. The van der Waals surface area contributed by atoms with Crippen LogP contribution in [0.25, 0.3) is 105 Å². The lowest BCUT2D eigenvalue weighted by atomic mass is 9.98. The van der Waals surface area contributed by atoms with Gasteiger partial charge in [-0.15, -0.1) is 0 Å². The standard InChI is InChI=1S/C54H33N3O/c1-5-18-46-40(14-1)41-15-2-6-19-47(41)56(46)38-28-31-50-45(33-38)43-17-4-7-20-48(43)55(50)37-13-11-12-36(32-37)34-24-26-35(27-25-34)39-29-30-44-42-16-3-8-21-49(42)57-51-22-9-10-23-52(51)58-54(39)53(44)57/h1-33H. The summed E-state index contributed by atoms with van der Waals surface area (Å²) in [5, 5.41) is 7.43. The van der Waals surface area contributed by atoms with Crippen molar-refractivity contribution in [3.63, 3.8) is 0 Å². The van der Waals surface area contributed by atoms with Crippen LogP contribution in [-0.2, 0) is 0 Å². The molecule has 0 spiro atoms. The molecule has 1 aliphatic rings. The van der Waals surface area contributed by atoms with Gasteiger partial charge in [0, 0.05) is 49.3 Å². The molecule has 0 unspecified atom stereocenters. The largest absolute Gasteiger partial charge is 0.452 e. The lowest BCUT2D eigenvalue weighted by molar-refractivity contribution is 0.478. The molecule has 4 heterocycles. The van der Waals surface area contributed by atoms with Gasteiger partial charge in [0.1, 0.15) is 0 Å². The zero-order chi connectivity index (χ0) is 37.9. The normalized spacial score (nSPS) is 12.3. The quantitative estimate of drug-likeness (QED) is 0.176. The van der Waals surface area contributed by atoms with Crippen molar-refractivity contribution >= 4 is 65.4 Å². The van der Waals surface area contributed by atoms with Gasteiger partial charge in [-0.1, -0.05) is 127 Å². The van der Waals surface area contributed by atoms with Crippen molar-refractivity contribution in [2.45, 2.75) is 0 Å². The van der Waals surface area contributed by atoms with Crippen LogP contribution in [0.15, 0.2) is 200 Å². The fourth-order valence-electron chi connectivity index (χ4n) is 9.69. The Labute approximate surface area is 333 Å². The molecule has 270 valence electrons. The van der Waals surface area contributed by atoms with E-state index >= 15 is 0 Å². The summed E-state index contributed by atoms with van der Waals surface area (Å²) >= 11 is 0. The van der Waals surface area contributed by atoms with Crippen molar-refractivity contribution in [2.75, 3.05) is 0 Å². The molecule has 0 bridgehead atoms. The second-order valence-electron chi connectivity index (χ2n) is 15.3. The number of para-hydroxylation sites is 6. The van der Waals surface area contributed by atoms with Crippen molar-refractivity contribution in [3.8, 4) is 50.8 Å². The molecule has 0 N–H and O–H groups in total. The maximum absolute atomic E-state index is 6.75. The first-order valence-corrected chi connectivity index (χ1v) is 19.8. The Morgan fingerprint density at radius 3 is 1.53 bits per heavy atom. The van der Waals surface area contributed by atoms with Gasteiger partial charge in [0.05, 0.1) is 38.8 Å². The summed E-state index contributed by atoms with van der Waals surface area (Å²) in [7, 11) is 0. The third kappa shape index (κ3) is 4.34. The molecule has 13 rings (SSSR count). The summed E-state index contributed by atoms with van der Waals surface area (Å²) in [5.41, 5.74) is 15.0. The number of fused-ring (bicyclic) bond motifs is 11. The van der Waals surface area contributed by atoms with Crippen LogP contribution in [0.3, 0.4) is 0 Å². The molecule has 0 radical (unpaired) electrons. The van der Waals surface area contributed by atoms with Crippen LogP contribution < -0.4 is 4.74 Å². The Bertz CT molecular complexity index is 3600. The van der Waals surface area contributed by atoms with Crippen molar-refractivity contribution in [3.05, 3.63) is 200 Å². The van der Waals surface area contributed by atoms with Crippen molar-refractivity contribution in [1.82, 2.24) is 13.7 Å². The highest BCUT2D eigenvalue weighted by molar-refractivity contribution is 6.14. The summed E-state index contributed by atoms with van der Waals surface area (Å²) in [4.78, 5) is 0. The first-order valence-electron chi connectivity index (χ1n) is 19.8. The molecule has 3 aromatic heterocycles. The molecule has 0 saturated heterocycles. The average molecular weight is 740 g/mol. The Kier molecular flexibility index (Phi) is 6.41. The Balaban J connectivity index is 0.915. The topological polar surface area (TPSA) is 24.0 Å². The van der Waals surface area contributed by atoms with Crippen molar-refractivity contribution < 1.29 is 4.74 Å². The first-order chi connectivity index (χ1) is 28.8. The van der Waals surface area contributed by atoms with E-state index in [1.807, 2.05) is 6.07 Å². The molecule has 0 aliphatic carbocycles. The second-order valence-corrected chi connectivity index (χ2v) is 15.3. The summed E-state index contributed by atoms with van der Waals surface area (Å²) in [5.74, 6) is 1.77. The number of hydrogen-bond donors (Lipinski definition) is 0. The van der Waals surface area contributed by atoms with Crippen LogP contribution in [0, 0.1) is 0 Å². The maximum Gasteiger partial charge on any atom is 0.160 e. The minimum Gasteiger partial charge on any atom is -0.452 e. The van der Waals surface area contributed by atoms with Crippen LogP contribution in [0.4, 0.5) is 0 Å². The average Bonchev–Trinajstić information content (AvgIpc) is 3.93. The van der Waals surface area contributed by atoms with Gasteiger partial charge < -0.3 is 18.4 Å². The van der Waals surface area contributed by atoms with Gasteiger partial charge in [-0.05, 0) is 89.5 Å². The van der Waals surface area contributed by atoms with Crippen LogP contribution in [-0.4, -0.2) is 13.7 Å². The molecular weight excluding hydrogens is 707 g/mol. The molecule has 58 heavy (non-hydrogen) atoms. The lowest BCUT2D eigenvalue weighted by Crippen LogP contribution is -2.04. The van der Waals surface area contributed by atoms with Crippen LogP contribution in [0.1, 0.15) is 0 Å². The molecule has 1 aliphatic heterocycles. The van der Waals surface area contributed by atoms with Gasteiger partial charge in [-0.2, -0.15) is 0 Å². The predicted octanol–water partition coefficient (Wildman–Crippen LogP) is 14.4. The highest BCUT2D eigenvalue weighted by atomic mass is 16.5. The molecule has 4 nitrogen and oxygen atoms in total. The van der Waals surface area contributed by atoms with E-state index in [0.717, 1.165) is 50.8 Å². The zero-order valence-corrected chi connectivity index (χ0v) is 31.3. The molecule has 0 saturated carbocycles. The smallest absolute Gasteiger partial charge is 0.160 e. The number of ether oxygens (including phenoxy) is 1. The monoisotopic (exact) mass is 739 g/mol. The summed E-state index contributed by atoms with van der Waals surface area (Å²) < 4.78 is 13.9. The van der Waals surface area contributed by atoms with E-state index in [1.165, 1.54) is 65.5 Å². The van der Waals surface area contributed by atoms with E-state index in [1.54, 1.807) is 0 Å². The molecule has 12 aromatic rings. The molecular formula is C54H33N3O. The van der Waals surface area contributed by atoms with Gasteiger partial charge in [0.25, 0.3) is 0 Å². The number of nitrogens with zero attached hydrogens (tertiary/aromatic N) is 3. The van der Waals surface area contributed by atoms with Gasteiger partial charge in [-0.3, -0.25) is 0 Å². The summed E-state index contributed by atoms with van der Waals surface area (Å²) in [6, 6.07) is 72.4. The Morgan fingerprint density at radius 2 is 0.845 bits per heavy atom. The number of benzene rings is 9. The second kappa shape index (κ2) is 11.8. The van der Waals surface area contributed by atoms with Gasteiger partial charge in [0.15, 0.2) is 11.5 Å². The minimum atomic E-state index is 0.867. The van der Waals surface area contributed by atoms with Crippen LogP contribution >= 0.6 is 0 Å². The Morgan fingerprint density at radius 1 is 0.310 bits per heavy atom. The third-order valence-corrected chi connectivity index (χ3v) is 12.2. The van der Waals surface area contributed by atoms with E-state index in [0.29, 0.717) is 0 Å². The van der Waals surface area contributed by atoms with Crippen molar-refractivity contribution in [1.29, 1.82) is 0 Å². The zero-order valence-electron chi connectivity index (χ0n) is 31.3. The molecule has 0 fully saturated rings. The summed E-state index contributed by atoms with van der Waals surface area (Å²) in [6.45, 7) is 0. The minimum absolute atomic E-state index is 0.867. The fourth-order valence-corrected chi connectivity index (χ4v) is 9.69. The van der Waals surface area contributed by atoms with E-state index < -0.39 is 0 Å². The number of hydrogen-bond acceptors (Lipinski definition) is 1. The molecule has 0 atom stereocenters. The third-order valence-electron chi connectivity index (χ3n) is 12.2. The highest BCUT2D eigenvalue weighted by Gasteiger charge is 2.26. The number of aromatic nitrogens is 3. The van der Waals surface area contributed by atoms with E-state index in [2.05, 4.69) is 208 Å².